The molecule has 1 amide bonds. The standard InChI is InChI=1S/C15H22N4OS/c1-9(2)13-17-18-15-19(13)10(3)12(21-15)14(20)16-11-7-5-4-6-8-11/h9,11H,4-8H2,1-3H3,(H,16,20). The highest BCUT2D eigenvalue weighted by atomic mass is 32.1. The molecule has 3 rings (SSSR count). The molecule has 0 aliphatic heterocycles. The Morgan fingerprint density at radius 3 is 2.67 bits per heavy atom. The SMILES string of the molecule is Cc1c(C(=O)NC2CCCCC2)sc2nnc(C(C)C)n12. The molecular formula is C15H22N4OS. The first kappa shape index (κ1) is 14.5. The Hall–Kier alpha value is -1.43. The van der Waals surface area contributed by atoms with Gasteiger partial charge in [-0.15, -0.1) is 10.2 Å². The second-order valence-electron chi connectivity index (χ2n) is 6.16. The van der Waals surface area contributed by atoms with Gasteiger partial charge in [0.2, 0.25) is 4.96 Å². The summed E-state index contributed by atoms with van der Waals surface area (Å²) in [5, 5.41) is 11.6. The van der Waals surface area contributed by atoms with E-state index < -0.39 is 0 Å². The number of nitrogens with zero attached hydrogens (tertiary/aromatic N) is 3. The average molecular weight is 306 g/mol. The van der Waals surface area contributed by atoms with E-state index in [9.17, 15) is 4.79 Å². The largest absolute Gasteiger partial charge is 0.349 e. The highest BCUT2D eigenvalue weighted by Gasteiger charge is 2.23. The van der Waals surface area contributed by atoms with Crippen LogP contribution in [0.25, 0.3) is 4.96 Å². The molecule has 0 spiro atoms. The third kappa shape index (κ3) is 2.69. The number of thiazole rings is 1. The highest BCUT2D eigenvalue weighted by molar-refractivity contribution is 7.19. The van der Waals surface area contributed by atoms with Crippen molar-refractivity contribution in [2.45, 2.75) is 64.8 Å². The summed E-state index contributed by atoms with van der Waals surface area (Å²) in [4.78, 5) is 14.1. The number of fused-ring (bicyclic) bond motifs is 1. The summed E-state index contributed by atoms with van der Waals surface area (Å²) >= 11 is 1.44. The van der Waals surface area contributed by atoms with Gasteiger partial charge in [0.25, 0.3) is 5.91 Å². The summed E-state index contributed by atoms with van der Waals surface area (Å²) in [6.07, 6.45) is 5.94. The average Bonchev–Trinajstić information content (AvgIpc) is 3.01. The van der Waals surface area contributed by atoms with Gasteiger partial charge in [-0.2, -0.15) is 0 Å². The van der Waals surface area contributed by atoms with Crippen molar-refractivity contribution in [2.75, 3.05) is 0 Å². The molecule has 1 saturated carbocycles. The van der Waals surface area contributed by atoms with Crippen LogP contribution in [0.15, 0.2) is 0 Å². The number of rotatable bonds is 3. The van der Waals surface area contributed by atoms with E-state index in [0.717, 1.165) is 34.2 Å². The summed E-state index contributed by atoms with van der Waals surface area (Å²) in [6, 6.07) is 0.336. The molecule has 114 valence electrons. The number of nitrogens with one attached hydrogen (secondary N) is 1. The van der Waals surface area contributed by atoms with Gasteiger partial charge in [-0.3, -0.25) is 9.20 Å². The van der Waals surface area contributed by atoms with Crippen LogP contribution < -0.4 is 5.32 Å². The molecule has 0 atom stereocenters. The van der Waals surface area contributed by atoms with Gasteiger partial charge in [0.1, 0.15) is 10.7 Å². The van der Waals surface area contributed by atoms with Crippen molar-refractivity contribution in [2.24, 2.45) is 0 Å². The zero-order valence-electron chi connectivity index (χ0n) is 12.8. The van der Waals surface area contributed by atoms with Crippen LogP contribution in [0, 0.1) is 6.92 Å². The van der Waals surface area contributed by atoms with Gasteiger partial charge in [-0.25, -0.2) is 0 Å². The van der Waals surface area contributed by atoms with Crippen molar-refractivity contribution in [3.63, 3.8) is 0 Å². The van der Waals surface area contributed by atoms with E-state index in [0.29, 0.717) is 12.0 Å². The van der Waals surface area contributed by atoms with Crippen molar-refractivity contribution < 1.29 is 4.79 Å². The molecular weight excluding hydrogens is 284 g/mol. The molecule has 1 aliphatic rings. The van der Waals surface area contributed by atoms with Crippen molar-refractivity contribution in [1.29, 1.82) is 0 Å². The maximum Gasteiger partial charge on any atom is 0.263 e. The molecule has 5 nitrogen and oxygen atoms in total. The zero-order valence-corrected chi connectivity index (χ0v) is 13.7. The molecule has 0 unspecified atom stereocenters. The van der Waals surface area contributed by atoms with Crippen LogP contribution >= 0.6 is 11.3 Å². The van der Waals surface area contributed by atoms with E-state index in [1.807, 2.05) is 11.3 Å². The maximum atomic E-state index is 12.5. The first-order chi connectivity index (χ1) is 10.1. The summed E-state index contributed by atoms with van der Waals surface area (Å²) in [5.41, 5.74) is 0.956. The molecule has 6 heteroatoms. The van der Waals surface area contributed by atoms with E-state index >= 15 is 0 Å². The van der Waals surface area contributed by atoms with Gasteiger partial charge in [-0.1, -0.05) is 44.4 Å². The normalized spacial score (nSPS) is 16.8. The minimum atomic E-state index is 0.0459. The molecule has 0 saturated heterocycles. The quantitative estimate of drug-likeness (QED) is 0.946. The van der Waals surface area contributed by atoms with E-state index in [1.54, 1.807) is 0 Å². The van der Waals surface area contributed by atoms with Gasteiger partial charge in [0, 0.05) is 17.7 Å². The molecule has 1 aliphatic carbocycles. The van der Waals surface area contributed by atoms with Gasteiger partial charge < -0.3 is 5.32 Å². The Labute approximate surface area is 128 Å². The van der Waals surface area contributed by atoms with Gasteiger partial charge in [-0.05, 0) is 19.8 Å². The third-order valence-corrected chi connectivity index (χ3v) is 5.31. The van der Waals surface area contributed by atoms with Gasteiger partial charge in [0.05, 0.1) is 0 Å². The number of amides is 1. The first-order valence-corrected chi connectivity index (χ1v) is 8.55. The lowest BCUT2D eigenvalue weighted by Gasteiger charge is -2.22. The van der Waals surface area contributed by atoms with Crippen LogP contribution in [0.2, 0.25) is 0 Å². The second-order valence-corrected chi connectivity index (χ2v) is 7.13. The van der Waals surface area contributed by atoms with Crippen LogP contribution in [-0.2, 0) is 0 Å². The Kier molecular flexibility index (Phi) is 3.97. The van der Waals surface area contributed by atoms with Crippen molar-refractivity contribution in [1.82, 2.24) is 19.9 Å². The molecule has 2 aromatic heterocycles. The Morgan fingerprint density at radius 1 is 1.29 bits per heavy atom. The van der Waals surface area contributed by atoms with E-state index in [2.05, 4.69) is 29.4 Å². The highest BCUT2D eigenvalue weighted by Crippen LogP contribution is 2.26. The lowest BCUT2D eigenvalue weighted by Crippen LogP contribution is -2.36. The lowest BCUT2D eigenvalue weighted by molar-refractivity contribution is 0.0931. The molecule has 0 aromatic carbocycles. The van der Waals surface area contributed by atoms with Crippen molar-refractivity contribution in [3.8, 4) is 0 Å². The Bertz CT molecular complexity index is 652. The van der Waals surface area contributed by atoms with Crippen LogP contribution in [0.4, 0.5) is 0 Å². The topological polar surface area (TPSA) is 59.3 Å². The fraction of sp³-hybridized carbons (Fsp3) is 0.667. The van der Waals surface area contributed by atoms with E-state index in [1.165, 1.54) is 30.6 Å². The monoisotopic (exact) mass is 306 g/mol. The van der Waals surface area contributed by atoms with Crippen molar-refractivity contribution >= 4 is 22.2 Å². The first-order valence-electron chi connectivity index (χ1n) is 7.73. The molecule has 1 fully saturated rings. The number of aromatic nitrogens is 3. The molecule has 2 aromatic rings. The molecule has 0 bridgehead atoms. The summed E-state index contributed by atoms with van der Waals surface area (Å²) < 4.78 is 2.02. The Balaban J connectivity index is 1.86. The van der Waals surface area contributed by atoms with E-state index in [-0.39, 0.29) is 5.91 Å². The fourth-order valence-electron chi connectivity index (χ4n) is 3.01. The predicted molar refractivity (Wildman–Crippen MR) is 84.0 cm³/mol. The van der Waals surface area contributed by atoms with Crippen LogP contribution in [0.1, 0.15) is 73.1 Å². The molecule has 1 N–H and O–H groups in total. The molecule has 0 radical (unpaired) electrons. The zero-order chi connectivity index (χ0) is 15.0. The van der Waals surface area contributed by atoms with Gasteiger partial charge in [0.15, 0.2) is 0 Å². The lowest BCUT2D eigenvalue weighted by atomic mass is 9.95. The summed E-state index contributed by atoms with van der Waals surface area (Å²) in [6.45, 7) is 6.17. The second kappa shape index (κ2) is 5.75. The summed E-state index contributed by atoms with van der Waals surface area (Å²) in [5.74, 6) is 1.27. The third-order valence-electron chi connectivity index (χ3n) is 4.18. The minimum Gasteiger partial charge on any atom is -0.349 e. The fourth-order valence-corrected chi connectivity index (χ4v) is 3.99. The number of carbonyl (C=O) groups is 1. The van der Waals surface area contributed by atoms with Crippen LogP contribution in [0.5, 0.6) is 0 Å². The minimum absolute atomic E-state index is 0.0459. The van der Waals surface area contributed by atoms with Crippen LogP contribution in [0.3, 0.4) is 0 Å². The summed E-state index contributed by atoms with van der Waals surface area (Å²) in [7, 11) is 0. The molecule has 21 heavy (non-hydrogen) atoms. The predicted octanol–water partition coefficient (Wildman–Crippen LogP) is 3.29. The smallest absolute Gasteiger partial charge is 0.263 e. The maximum absolute atomic E-state index is 12.5. The Morgan fingerprint density at radius 2 is 2.00 bits per heavy atom. The van der Waals surface area contributed by atoms with Crippen molar-refractivity contribution in [3.05, 3.63) is 16.4 Å². The number of hydrogen-bond acceptors (Lipinski definition) is 4. The molecule has 2 heterocycles. The number of carbonyl (C=O) groups excluding carboxylic acids is 1. The van der Waals surface area contributed by atoms with E-state index in [4.69, 9.17) is 0 Å². The van der Waals surface area contributed by atoms with Gasteiger partial charge >= 0.3 is 0 Å². The van der Waals surface area contributed by atoms with Crippen LogP contribution in [-0.4, -0.2) is 26.5 Å². The number of hydrogen-bond donors (Lipinski definition) is 1. The number of aryl methyl sites for hydroxylation is 1.